The number of nitrogens with one attached hydrogen (secondary N) is 2. The number of hydrogen-bond donors (Lipinski definition) is 3. The van der Waals surface area contributed by atoms with E-state index in [4.69, 9.17) is 5.73 Å². The van der Waals surface area contributed by atoms with E-state index in [0.717, 1.165) is 0 Å². The summed E-state index contributed by atoms with van der Waals surface area (Å²) >= 11 is 0. The molecule has 1 aliphatic heterocycles. The van der Waals surface area contributed by atoms with Gasteiger partial charge in [-0.05, 0) is 13.3 Å². The molecule has 1 fully saturated rings. The van der Waals surface area contributed by atoms with E-state index in [0.29, 0.717) is 6.54 Å². The molecule has 8 nitrogen and oxygen atoms in total. The van der Waals surface area contributed by atoms with E-state index >= 15 is 0 Å². The number of imide groups is 1. The standard InChI is InChI=1S/C11H15N5O3/c1-2-16-9(6(12)5-13-16)11(19)14-7-3-4-8(17)15-10(7)18/h5,7H,2-4,12H2,1H3,(H,14,19)(H,15,17,18). The maximum atomic E-state index is 12.1. The predicted octanol–water partition coefficient (Wildman–Crippen LogP) is -0.980. The van der Waals surface area contributed by atoms with Crippen LogP contribution in [0.5, 0.6) is 0 Å². The molecule has 0 aliphatic carbocycles. The van der Waals surface area contributed by atoms with Gasteiger partial charge in [-0.2, -0.15) is 5.10 Å². The van der Waals surface area contributed by atoms with Gasteiger partial charge in [0.15, 0.2) is 0 Å². The third kappa shape index (κ3) is 2.56. The highest BCUT2D eigenvalue weighted by atomic mass is 16.2. The molecular weight excluding hydrogens is 250 g/mol. The Bertz CT molecular complexity index is 536. The molecule has 102 valence electrons. The lowest BCUT2D eigenvalue weighted by Crippen LogP contribution is -2.52. The summed E-state index contributed by atoms with van der Waals surface area (Å²) in [6, 6.07) is -0.718. The number of piperidine rings is 1. The van der Waals surface area contributed by atoms with Gasteiger partial charge in [0.1, 0.15) is 11.7 Å². The van der Waals surface area contributed by atoms with Crippen LogP contribution in [-0.2, 0) is 16.1 Å². The fourth-order valence-electron chi connectivity index (χ4n) is 1.95. The zero-order valence-electron chi connectivity index (χ0n) is 10.5. The topological polar surface area (TPSA) is 119 Å². The summed E-state index contributed by atoms with van der Waals surface area (Å²) in [6.45, 7) is 2.32. The second-order valence-electron chi connectivity index (χ2n) is 4.24. The lowest BCUT2D eigenvalue weighted by molar-refractivity contribution is -0.134. The van der Waals surface area contributed by atoms with Gasteiger partial charge in [-0.25, -0.2) is 0 Å². The number of nitrogen functional groups attached to an aromatic ring is 1. The summed E-state index contributed by atoms with van der Waals surface area (Å²) in [5, 5.41) is 8.70. The first kappa shape index (κ1) is 13.1. The van der Waals surface area contributed by atoms with E-state index in [-0.39, 0.29) is 30.1 Å². The molecule has 3 amide bonds. The Hall–Kier alpha value is -2.38. The fraction of sp³-hybridized carbons (Fsp3) is 0.455. The van der Waals surface area contributed by atoms with Crippen LogP contribution in [0.2, 0.25) is 0 Å². The molecule has 2 rings (SSSR count). The van der Waals surface area contributed by atoms with Crippen LogP contribution in [0.4, 0.5) is 5.69 Å². The monoisotopic (exact) mass is 265 g/mol. The molecule has 0 bridgehead atoms. The second-order valence-corrected chi connectivity index (χ2v) is 4.24. The summed E-state index contributed by atoms with van der Waals surface area (Å²) in [5.74, 6) is -1.29. The van der Waals surface area contributed by atoms with Gasteiger partial charge in [0.25, 0.3) is 5.91 Å². The van der Waals surface area contributed by atoms with Crippen molar-refractivity contribution in [1.82, 2.24) is 20.4 Å². The zero-order chi connectivity index (χ0) is 14.0. The zero-order valence-corrected chi connectivity index (χ0v) is 10.5. The van der Waals surface area contributed by atoms with Crippen molar-refractivity contribution < 1.29 is 14.4 Å². The van der Waals surface area contributed by atoms with Gasteiger partial charge in [-0.1, -0.05) is 0 Å². The van der Waals surface area contributed by atoms with E-state index in [9.17, 15) is 14.4 Å². The molecule has 1 saturated heterocycles. The van der Waals surface area contributed by atoms with Crippen LogP contribution in [0, 0.1) is 0 Å². The molecule has 1 aromatic heterocycles. The predicted molar refractivity (Wildman–Crippen MR) is 66.0 cm³/mol. The normalized spacial score (nSPS) is 19.1. The molecule has 8 heteroatoms. The molecule has 0 aromatic carbocycles. The van der Waals surface area contributed by atoms with Crippen LogP contribution in [0.25, 0.3) is 0 Å². The van der Waals surface area contributed by atoms with Gasteiger partial charge in [0.05, 0.1) is 11.9 Å². The molecular formula is C11H15N5O3. The maximum absolute atomic E-state index is 12.1. The van der Waals surface area contributed by atoms with E-state index in [1.165, 1.54) is 10.9 Å². The number of hydrogen-bond acceptors (Lipinski definition) is 5. The Morgan fingerprint density at radius 3 is 3.00 bits per heavy atom. The molecule has 19 heavy (non-hydrogen) atoms. The Balaban J connectivity index is 2.11. The van der Waals surface area contributed by atoms with Gasteiger partial charge in [0, 0.05) is 13.0 Å². The minimum atomic E-state index is -0.718. The average molecular weight is 265 g/mol. The molecule has 1 aliphatic rings. The van der Waals surface area contributed by atoms with Crippen molar-refractivity contribution in [1.29, 1.82) is 0 Å². The SMILES string of the molecule is CCn1ncc(N)c1C(=O)NC1CCC(=O)NC1=O. The van der Waals surface area contributed by atoms with Crippen molar-refractivity contribution in [3.63, 3.8) is 0 Å². The highest BCUT2D eigenvalue weighted by Gasteiger charge is 2.29. The molecule has 1 aromatic rings. The number of nitrogens with zero attached hydrogens (tertiary/aromatic N) is 2. The van der Waals surface area contributed by atoms with Crippen LogP contribution in [-0.4, -0.2) is 33.5 Å². The second kappa shape index (κ2) is 5.09. The highest BCUT2D eigenvalue weighted by molar-refractivity contribution is 6.04. The molecule has 0 radical (unpaired) electrons. The number of anilines is 1. The molecule has 4 N–H and O–H groups in total. The van der Waals surface area contributed by atoms with Gasteiger partial charge in [0.2, 0.25) is 11.8 Å². The van der Waals surface area contributed by atoms with E-state index < -0.39 is 17.9 Å². The molecule has 0 spiro atoms. The summed E-state index contributed by atoms with van der Waals surface area (Å²) < 4.78 is 1.45. The smallest absolute Gasteiger partial charge is 0.272 e. The first-order valence-corrected chi connectivity index (χ1v) is 5.98. The average Bonchev–Trinajstić information content (AvgIpc) is 2.74. The number of nitrogens with two attached hydrogens (primary N) is 1. The van der Waals surface area contributed by atoms with Crippen molar-refractivity contribution >= 4 is 23.4 Å². The van der Waals surface area contributed by atoms with Gasteiger partial charge in [-0.3, -0.25) is 24.4 Å². The largest absolute Gasteiger partial charge is 0.396 e. The first-order chi connectivity index (χ1) is 9.02. The van der Waals surface area contributed by atoms with E-state index in [1.807, 2.05) is 6.92 Å². The summed E-state index contributed by atoms with van der Waals surface area (Å²) in [5.41, 5.74) is 6.17. The summed E-state index contributed by atoms with van der Waals surface area (Å²) in [4.78, 5) is 34.6. The van der Waals surface area contributed by atoms with Crippen LogP contribution < -0.4 is 16.4 Å². The van der Waals surface area contributed by atoms with Crippen LogP contribution in [0.15, 0.2) is 6.20 Å². The Morgan fingerprint density at radius 1 is 1.63 bits per heavy atom. The number of rotatable bonds is 3. The minimum Gasteiger partial charge on any atom is -0.396 e. The van der Waals surface area contributed by atoms with Crippen molar-refractivity contribution in [2.45, 2.75) is 32.4 Å². The lowest BCUT2D eigenvalue weighted by atomic mass is 10.1. The third-order valence-corrected chi connectivity index (χ3v) is 2.93. The Morgan fingerprint density at radius 2 is 2.37 bits per heavy atom. The van der Waals surface area contributed by atoms with Crippen molar-refractivity contribution in [3.8, 4) is 0 Å². The third-order valence-electron chi connectivity index (χ3n) is 2.93. The van der Waals surface area contributed by atoms with E-state index in [2.05, 4.69) is 15.7 Å². The Kier molecular flexibility index (Phi) is 3.50. The molecule has 0 saturated carbocycles. The fourth-order valence-corrected chi connectivity index (χ4v) is 1.95. The van der Waals surface area contributed by atoms with Gasteiger partial charge < -0.3 is 11.1 Å². The number of carbonyl (C=O) groups is 3. The van der Waals surface area contributed by atoms with Crippen LogP contribution in [0.1, 0.15) is 30.3 Å². The number of aromatic nitrogens is 2. The molecule has 2 heterocycles. The quantitative estimate of drug-likeness (QED) is 0.607. The van der Waals surface area contributed by atoms with Crippen molar-refractivity contribution in [3.05, 3.63) is 11.9 Å². The maximum Gasteiger partial charge on any atom is 0.272 e. The van der Waals surface area contributed by atoms with E-state index in [1.54, 1.807) is 0 Å². The number of carbonyl (C=O) groups excluding carboxylic acids is 3. The van der Waals surface area contributed by atoms with Gasteiger partial charge >= 0.3 is 0 Å². The summed E-state index contributed by atoms with van der Waals surface area (Å²) in [6.07, 6.45) is 1.89. The minimum absolute atomic E-state index is 0.208. The number of amides is 3. The highest BCUT2D eigenvalue weighted by Crippen LogP contribution is 2.12. The lowest BCUT2D eigenvalue weighted by Gasteiger charge is -2.21. The van der Waals surface area contributed by atoms with Crippen LogP contribution >= 0.6 is 0 Å². The Labute approximate surface area is 109 Å². The number of aryl methyl sites for hydroxylation is 1. The summed E-state index contributed by atoms with van der Waals surface area (Å²) in [7, 11) is 0. The molecule has 1 atom stereocenters. The van der Waals surface area contributed by atoms with Gasteiger partial charge in [-0.15, -0.1) is 0 Å². The first-order valence-electron chi connectivity index (χ1n) is 5.98. The molecule has 1 unspecified atom stereocenters. The van der Waals surface area contributed by atoms with Crippen molar-refractivity contribution in [2.75, 3.05) is 5.73 Å². The van der Waals surface area contributed by atoms with Crippen molar-refractivity contribution in [2.24, 2.45) is 0 Å². The van der Waals surface area contributed by atoms with Crippen LogP contribution in [0.3, 0.4) is 0 Å².